The Hall–Kier alpha value is -3.30. The van der Waals surface area contributed by atoms with Crippen molar-refractivity contribution in [2.45, 2.75) is 17.1 Å². The van der Waals surface area contributed by atoms with Gasteiger partial charge in [-0.05, 0) is 36.8 Å². The van der Waals surface area contributed by atoms with E-state index in [9.17, 15) is 4.79 Å². The van der Waals surface area contributed by atoms with Crippen LogP contribution in [0.4, 0.5) is 0 Å². The number of carbonyl (C=O) groups is 1. The van der Waals surface area contributed by atoms with Crippen LogP contribution in [0.5, 0.6) is 0 Å². The maximum atomic E-state index is 14.0. The van der Waals surface area contributed by atoms with Crippen LogP contribution in [0.1, 0.15) is 21.2 Å². The molecule has 30 heavy (non-hydrogen) atoms. The molecule has 0 aliphatic heterocycles. The molecule has 5 rings (SSSR count). The van der Waals surface area contributed by atoms with Crippen LogP contribution in [0.15, 0.2) is 108 Å². The van der Waals surface area contributed by atoms with Crippen LogP contribution in [-0.2, 0) is 0 Å². The summed E-state index contributed by atoms with van der Waals surface area (Å²) < 4.78 is 1.89. The van der Waals surface area contributed by atoms with Crippen molar-refractivity contribution in [2.24, 2.45) is 0 Å². The van der Waals surface area contributed by atoms with Crippen molar-refractivity contribution in [2.75, 3.05) is 0 Å². The van der Waals surface area contributed by atoms with Gasteiger partial charge in [-0.3, -0.25) is 9.36 Å². The van der Waals surface area contributed by atoms with Gasteiger partial charge in [-0.25, -0.2) is 0 Å². The molecule has 1 aromatic heterocycles. The summed E-state index contributed by atoms with van der Waals surface area (Å²) in [7, 11) is 0. The van der Waals surface area contributed by atoms with E-state index in [0.29, 0.717) is 0 Å². The fraction of sp³-hybridized carbons (Fsp3) is 0.0741. The number of thioether (sulfide) groups is 1. The van der Waals surface area contributed by atoms with Crippen molar-refractivity contribution in [3.05, 3.63) is 114 Å². The molecular formula is C27H21NOS. The van der Waals surface area contributed by atoms with Crippen molar-refractivity contribution in [1.82, 2.24) is 4.57 Å². The molecule has 0 saturated carbocycles. The third-order valence-electron chi connectivity index (χ3n) is 5.40. The molecule has 1 unspecified atom stereocenters. The zero-order valence-corrected chi connectivity index (χ0v) is 17.5. The fourth-order valence-corrected chi connectivity index (χ4v) is 4.98. The Morgan fingerprint density at radius 3 is 1.83 bits per heavy atom. The number of benzene rings is 4. The minimum absolute atomic E-state index is 0.0733. The molecule has 1 atom stereocenters. The predicted molar refractivity (Wildman–Crippen MR) is 126 cm³/mol. The third-order valence-corrected chi connectivity index (χ3v) is 6.66. The highest BCUT2D eigenvalue weighted by atomic mass is 32.2. The van der Waals surface area contributed by atoms with E-state index in [1.54, 1.807) is 11.8 Å². The summed E-state index contributed by atoms with van der Waals surface area (Å²) in [6.07, 6.45) is 0. The van der Waals surface area contributed by atoms with E-state index in [0.717, 1.165) is 32.3 Å². The second-order valence-corrected chi connectivity index (χ2v) is 8.61. The summed E-state index contributed by atoms with van der Waals surface area (Å²) in [5.41, 5.74) is 4.13. The maximum Gasteiger partial charge on any atom is 0.249 e. The molecule has 0 bridgehead atoms. The van der Waals surface area contributed by atoms with E-state index in [-0.39, 0.29) is 11.2 Å². The largest absolute Gasteiger partial charge is 0.279 e. The highest BCUT2D eigenvalue weighted by Gasteiger charge is 2.26. The summed E-state index contributed by atoms with van der Waals surface area (Å²) >= 11 is 1.60. The summed E-state index contributed by atoms with van der Waals surface area (Å²) in [6.45, 7) is 2.08. The average Bonchev–Trinajstić information content (AvgIpc) is 3.13. The van der Waals surface area contributed by atoms with Crippen molar-refractivity contribution < 1.29 is 4.79 Å². The second kappa shape index (κ2) is 7.85. The molecule has 5 aromatic rings. The van der Waals surface area contributed by atoms with Gasteiger partial charge >= 0.3 is 0 Å². The molecule has 0 aliphatic carbocycles. The van der Waals surface area contributed by atoms with Crippen molar-refractivity contribution in [1.29, 1.82) is 0 Å². The van der Waals surface area contributed by atoms with E-state index in [1.165, 1.54) is 5.56 Å². The van der Waals surface area contributed by atoms with Gasteiger partial charge in [-0.1, -0.05) is 84.4 Å². The molecule has 0 amide bonds. The quantitative estimate of drug-likeness (QED) is 0.292. The minimum atomic E-state index is -0.340. The van der Waals surface area contributed by atoms with Gasteiger partial charge in [0.05, 0.1) is 11.0 Å². The lowest BCUT2D eigenvalue weighted by Gasteiger charge is -2.18. The Kier molecular flexibility index (Phi) is 4.89. The van der Waals surface area contributed by atoms with Gasteiger partial charge in [0.15, 0.2) is 0 Å². The van der Waals surface area contributed by atoms with E-state index < -0.39 is 0 Å². The molecule has 3 heteroatoms. The molecule has 4 aromatic carbocycles. The van der Waals surface area contributed by atoms with Gasteiger partial charge in [0.1, 0.15) is 5.25 Å². The number of aryl methyl sites for hydroxylation is 1. The van der Waals surface area contributed by atoms with Gasteiger partial charge in [0, 0.05) is 15.7 Å². The predicted octanol–water partition coefficient (Wildman–Crippen LogP) is 7.28. The highest BCUT2D eigenvalue weighted by molar-refractivity contribution is 8.00. The maximum absolute atomic E-state index is 14.0. The van der Waals surface area contributed by atoms with E-state index in [2.05, 4.69) is 43.3 Å². The lowest BCUT2D eigenvalue weighted by molar-refractivity contribution is 0.0920. The van der Waals surface area contributed by atoms with Gasteiger partial charge in [-0.15, -0.1) is 11.8 Å². The fourth-order valence-electron chi connectivity index (χ4n) is 3.92. The van der Waals surface area contributed by atoms with Crippen molar-refractivity contribution >= 4 is 39.5 Å². The van der Waals surface area contributed by atoms with Crippen LogP contribution >= 0.6 is 11.8 Å². The molecule has 0 saturated heterocycles. The topological polar surface area (TPSA) is 22.0 Å². The number of nitrogens with zero attached hydrogens (tertiary/aromatic N) is 1. The zero-order chi connectivity index (χ0) is 20.5. The van der Waals surface area contributed by atoms with E-state index >= 15 is 0 Å². The Labute approximate surface area is 180 Å². The van der Waals surface area contributed by atoms with Crippen LogP contribution < -0.4 is 0 Å². The third kappa shape index (κ3) is 3.31. The van der Waals surface area contributed by atoms with E-state index in [4.69, 9.17) is 0 Å². The smallest absolute Gasteiger partial charge is 0.249 e. The number of hydrogen-bond donors (Lipinski definition) is 0. The van der Waals surface area contributed by atoms with Gasteiger partial charge in [0.2, 0.25) is 5.91 Å². The standard InChI is InChI=1S/C27H21NOS/c1-19-15-17-21(18-16-19)30-26(20-9-3-2-4-10-20)27(29)28-24-13-7-5-11-22(24)23-12-6-8-14-25(23)28/h2-18,26H,1H3. The lowest BCUT2D eigenvalue weighted by Crippen LogP contribution is -2.17. The number of fused-ring (bicyclic) bond motifs is 3. The number of carbonyl (C=O) groups excluding carboxylic acids is 1. The SMILES string of the molecule is Cc1ccc(SC(C(=O)n2c3ccccc3c3ccccc32)c2ccccc2)cc1. The zero-order valence-electron chi connectivity index (χ0n) is 16.7. The van der Waals surface area contributed by atoms with Crippen LogP contribution in [0, 0.1) is 6.92 Å². The van der Waals surface area contributed by atoms with Crippen molar-refractivity contribution in [3.8, 4) is 0 Å². The monoisotopic (exact) mass is 407 g/mol. The molecule has 0 N–H and O–H groups in total. The molecule has 0 spiro atoms. The molecular weight excluding hydrogens is 386 g/mol. The van der Waals surface area contributed by atoms with Crippen LogP contribution in [0.3, 0.4) is 0 Å². The first kappa shape index (κ1) is 18.7. The Morgan fingerprint density at radius 1 is 0.700 bits per heavy atom. The first-order valence-corrected chi connectivity index (χ1v) is 10.9. The number of hydrogen-bond acceptors (Lipinski definition) is 2. The summed E-state index contributed by atoms with van der Waals surface area (Å²) in [5, 5.41) is 1.87. The van der Waals surface area contributed by atoms with Crippen LogP contribution in [0.25, 0.3) is 21.8 Å². The molecule has 2 nitrogen and oxygen atoms in total. The van der Waals surface area contributed by atoms with Crippen LogP contribution in [0.2, 0.25) is 0 Å². The molecule has 146 valence electrons. The summed E-state index contributed by atoms with van der Waals surface area (Å²) in [5.74, 6) is 0.0733. The molecule has 0 aliphatic rings. The van der Waals surface area contributed by atoms with Crippen LogP contribution in [-0.4, -0.2) is 10.5 Å². The second-order valence-electron chi connectivity index (χ2n) is 7.43. The average molecular weight is 408 g/mol. The molecule has 0 radical (unpaired) electrons. The number of aromatic nitrogens is 1. The number of para-hydroxylation sites is 2. The highest BCUT2D eigenvalue weighted by Crippen LogP contribution is 2.39. The van der Waals surface area contributed by atoms with Gasteiger partial charge in [-0.2, -0.15) is 0 Å². The Balaban J connectivity index is 1.68. The molecule has 0 fully saturated rings. The molecule has 1 heterocycles. The summed E-state index contributed by atoms with van der Waals surface area (Å²) in [4.78, 5) is 15.1. The van der Waals surface area contributed by atoms with E-state index in [1.807, 2.05) is 71.3 Å². The van der Waals surface area contributed by atoms with Gasteiger partial charge in [0.25, 0.3) is 0 Å². The Bertz CT molecular complexity index is 1280. The lowest BCUT2D eigenvalue weighted by atomic mass is 10.1. The minimum Gasteiger partial charge on any atom is -0.279 e. The first-order chi connectivity index (χ1) is 14.7. The van der Waals surface area contributed by atoms with Crippen molar-refractivity contribution in [3.63, 3.8) is 0 Å². The Morgan fingerprint density at radius 2 is 1.23 bits per heavy atom. The van der Waals surface area contributed by atoms with Gasteiger partial charge < -0.3 is 0 Å². The number of rotatable bonds is 4. The summed E-state index contributed by atoms with van der Waals surface area (Å²) in [6, 6.07) is 34.7. The normalized spacial score (nSPS) is 12.3. The first-order valence-electron chi connectivity index (χ1n) is 10.0.